The molecule has 1 heterocycles. The third-order valence-electron chi connectivity index (χ3n) is 5.54. The van der Waals surface area contributed by atoms with E-state index >= 15 is 0 Å². The Morgan fingerprint density at radius 3 is 2.50 bits per heavy atom. The Morgan fingerprint density at radius 2 is 1.75 bits per heavy atom. The van der Waals surface area contributed by atoms with Crippen LogP contribution in [0.15, 0.2) is 30.3 Å². The van der Waals surface area contributed by atoms with Crippen molar-refractivity contribution >= 4 is 0 Å². The topological polar surface area (TPSA) is 68.2 Å². The predicted octanol–water partition coefficient (Wildman–Crippen LogP) is 2.14. The molecule has 0 aromatic heterocycles. The minimum Gasteiger partial charge on any atom is -0.388 e. The summed E-state index contributed by atoms with van der Waals surface area (Å²) in [5.74, 6) is -0.553. The van der Waals surface area contributed by atoms with Crippen molar-refractivity contribution in [1.29, 1.82) is 0 Å². The minimum absolute atomic E-state index is 0.206. The summed E-state index contributed by atoms with van der Waals surface area (Å²) >= 11 is 0. The number of ether oxygens (including phenoxy) is 3. The van der Waals surface area contributed by atoms with Crippen LogP contribution in [0.2, 0.25) is 0 Å². The second-order valence-electron chi connectivity index (χ2n) is 7.26. The molecule has 1 spiro atoms. The van der Waals surface area contributed by atoms with Gasteiger partial charge >= 0.3 is 0 Å². The maximum Gasteiger partial charge on any atom is 0.169 e. The number of rotatable bonds is 3. The van der Waals surface area contributed by atoms with Crippen molar-refractivity contribution in [3.63, 3.8) is 0 Å². The Labute approximate surface area is 142 Å². The Balaban J connectivity index is 1.42. The Morgan fingerprint density at radius 1 is 1.00 bits per heavy atom. The zero-order valence-corrected chi connectivity index (χ0v) is 13.8. The fraction of sp³-hybridized carbons (Fsp3) is 0.684. The molecule has 132 valence electrons. The first-order valence-corrected chi connectivity index (χ1v) is 9.04. The summed E-state index contributed by atoms with van der Waals surface area (Å²) in [4.78, 5) is 0. The molecule has 2 N–H and O–H groups in total. The third kappa shape index (κ3) is 3.11. The van der Waals surface area contributed by atoms with Gasteiger partial charge in [-0.2, -0.15) is 0 Å². The molecular formula is C19H26O5. The van der Waals surface area contributed by atoms with Crippen LogP contribution in [0.3, 0.4) is 0 Å². The average molecular weight is 334 g/mol. The molecule has 0 bridgehead atoms. The van der Waals surface area contributed by atoms with E-state index in [1.165, 1.54) is 6.42 Å². The molecule has 1 aromatic rings. The molecule has 2 saturated carbocycles. The molecule has 1 aliphatic heterocycles. The van der Waals surface area contributed by atoms with Crippen molar-refractivity contribution in [3.05, 3.63) is 35.9 Å². The van der Waals surface area contributed by atoms with E-state index < -0.39 is 30.2 Å². The number of aliphatic hydroxyl groups excluding tert-OH is 2. The van der Waals surface area contributed by atoms with Gasteiger partial charge in [0.2, 0.25) is 0 Å². The van der Waals surface area contributed by atoms with E-state index in [9.17, 15) is 10.2 Å². The van der Waals surface area contributed by atoms with Crippen LogP contribution in [0.25, 0.3) is 0 Å². The average Bonchev–Trinajstić information content (AvgIpc) is 2.96. The van der Waals surface area contributed by atoms with Crippen LogP contribution in [0, 0.1) is 0 Å². The van der Waals surface area contributed by atoms with Crippen molar-refractivity contribution < 1.29 is 24.4 Å². The van der Waals surface area contributed by atoms with Gasteiger partial charge < -0.3 is 24.4 Å². The van der Waals surface area contributed by atoms with E-state index in [1.54, 1.807) is 0 Å². The maximum atomic E-state index is 10.5. The fourth-order valence-corrected chi connectivity index (χ4v) is 4.22. The standard InChI is InChI=1S/C19H26O5/c20-16-14(22-12-13-7-3-1-4-8-13)11-15-18(17(16)21)24-19(23-15)9-5-2-6-10-19/h1,3-4,7-8,14-18,20-21H,2,5-6,9-12H2/t14-,15+,16+,17+,18+/m0/s1. The van der Waals surface area contributed by atoms with Crippen molar-refractivity contribution in [3.8, 4) is 0 Å². The molecule has 3 aliphatic rings. The Hall–Kier alpha value is -0.980. The maximum absolute atomic E-state index is 10.5. The molecule has 0 unspecified atom stereocenters. The van der Waals surface area contributed by atoms with E-state index in [0.717, 1.165) is 31.2 Å². The van der Waals surface area contributed by atoms with Crippen molar-refractivity contribution in [2.75, 3.05) is 0 Å². The van der Waals surface area contributed by atoms with Crippen LogP contribution in [0.5, 0.6) is 0 Å². The molecule has 0 amide bonds. The van der Waals surface area contributed by atoms with E-state index in [2.05, 4.69) is 0 Å². The van der Waals surface area contributed by atoms with Gasteiger partial charge in [-0.25, -0.2) is 0 Å². The zero-order valence-electron chi connectivity index (χ0n) is 13.8. The summed E-state index contributed by atoms with van der Waals surface area (Å²) in [6, 6.07) is 9.85. The Bertz CT molecular complexity index is 542. The van der Waals surface area contributed by atoms with E-state index in [0.29, 0.717) is 13.0 Å². The summed E-state index contributed by atoms with van der Waals surface area (Å²) in [5, 5.41) is 20.9. The first-order valence-electron chi connectivity index (χ1n) is 9.04. The SMILES string of the molecule is O[C@@H]1[C@H](O)[C@@H](OCc2ccccc2)C[C@H]2OC3(CCCCC3)O[C@@H]12. The highest BCUT2D eigenvalue weighted by Gasteiger charge is 2.56. The molecule has 4 rings (SSSR count). The summed E-state index contributed by atoms with van der Waals surface area (Å²) < 4.78 is 18.2. The molecular weight excluding hydrogens is 308 g/mol. The quantitative estimate of drug-likeness (QED) is 0.886. The van der Waals surface area contributed by atoms with E-state index in [-0.39, 0.29) is 6.10 Å². The summed E-state index contributed by atoms with van der Waals surface area (Å²) in [6.45, 7) is 0.415. The largest absolute Gasteiger partial charge is 0.388 e. The van der Waals surface area contributed by atoms with Crippen LogP contribution >= 0.6 is 0 Å². The van der Waals surface area contributed by atoms with Crippen LogP contribution in [0.4, 0.5) is 0 Å². The van der Waals surface area contributed by atoms with Gasteiger partial charge in [0.1, 0.15) is 18.3 Å². The number of hydrogen-bond acceptors (Lipinski definition) is 5. The molecule has 5 heteroatoms. The number of fused-ring (bicyclic) bond motifs is 1. The van der Waals surface area contributed by atoms with Crippen molar-refractivity contribution in [1.82, 2.24) is 0 Å². The van der Waals surface area contributed by atoms with Gasteiger partial charge in [0.15, 0.2) is 5.79 Å². The predicted molar refractivity (Wildman–Crippen MR) is 87.2 cm³/mol. The van der Waals surface area contributed by atoms with Crippen LogP contribution < -0.4 is 0 Å². The highest BCUT2D eigenvalue weighted by molar-refractivity contribution is 5.13. The third-order valence-corrected chi connectivity index (χ3v) is 5.54. The van der Waals surface area contributed by atoms with Crippen molar-refractivity contribution in [2.24, 2.45) is 0 Å². The molecule has 0 radical (unpaired) electrons. The van der Waals surface area contributed by atoms with Gasteiger partial charge in [-0.1, -0.05) is 36.8 Å². The van der Waals surface area contributed by atoms with Crippen LogP contribution in [-0.4, -0.2) is 46.5 Å². The van der Waals surface area contributed by atoms with Crippen LogP contribution in [0.1, 0.15) is 44.1 Å². The highest BCUT2D eigenvalue weighted by Crippen LogP contribution is 2.45. The Kier molecular flexibility index (Phi) is 4.62. The van der Waals surface area contributed by atoms with Gasteiger partial charge in [-0.15, -0.1) is 0 Å². The normalized spacial score (nSPS) is 38.2. The van der Waals surface area contributed by atoms with Gasteiger partial charge in [0.25, 0.3) is 0 Å². The lowest BCUT2D eigenvalue weighted by Gasteiger charge is -2.37. The van der Waals surface area contributed by atoms with Crippen molar-refractivity contribution in [2.45, 2.75) is 81.4 Å². The number of hydrogen-bond donors (Lipinski definition) is 2. The lowest BCUT2D eigenvalue weighted by molar-refractivity contribution is -0.202. The van der Waals surface area contributed by atoms with Gasteiger partial charge in [0, 0.05) is 19.3 Å². The second-order valence-corrected chi connectivity index (χ2v) is 7.26. The first-order chi connectivity index (χ1) is 11.7. The molecule has 3 fully saturated rings. The smallest absolute Gasteiger partial charge is 0.169 e. The monoisotopic (exact) mass is 334 g/mol. The zero-order chi connectivity index (χ0) is 16.6. The second kappa shape index (κ2) is 6.73. The van der Waals surface area contributed by atoms with Gasteiger partial charge in [0.05, 0.1) is 18.8 Å². The number of benzene rings is 1. The highest BCUT2D eigenvalue weighted by atomic mass is 16.8. The van der Waals surface area contributed by atoms with Gasteiger partial charge in [-0.05, 0) is 18.4 Å². The van der Waals surface area contributed by atoms with Gasteiger partial charge in [-0.3, -0.25) is 0 Å². The molecule has 5 nitrogen and oxygen atoms in total. The number of aliphatic hydroxyl groups is 2. The molecule has 2 aliphatic carbocycles. The molecule has 1 saturated heterocycles. The fourth-order valence-electron chi connectivity index (χ4n) is 4.22. The summed E-state index contributed by atoms with van der Waals surface area (Å²) in [6.07, 6.45) is 2.67. The van der Waals surface area contributed by atoms with Crippen LogP contribution in [-0.2, 0) is 20.8 Å². The summed E-state index contributed by atoms with van der Waals surface area (Å²) in [5.41, 5.74) is 1.05. The lowest BCUT2D eigenvalue weighted by atomic mass is 9.87. The molecule has 1 aromatic carbocycles. The first kappa shape index (κ1) is 16.5. The minimum atomic E-state index is -0.967. The molecule has 5 atom stereocenters. The van der Waals surface area contributed by atoms with E-state index in [4.69, 9.17) is 14.2 Å². The summed E-state index contributed by atoms with van der Waals surface area (Å²) in [7, 11) is 0. The lowest BCUT2D eigenvalue weighted by Crippen LogP contribution is -2.55. The van der Waals surface area contributed by atoms with E-state index in [1.807, 2.05) is 30.3 Å². The molecule has 24 heavy (non-hydrogen) atoms.